The van der Waals surface area contributed by atoms with Crippen molar-refractivity contribution in [3.63, 3.8) is 0 Å². The van der Waals surface area contributed by atoms with Gasteiger partial charge in [-0.15, -0.1) is 0 Å². The van der Waals surface area contributed by atoms with Gasteiger partial charge in [0.05, 0.1) is 11.4 Å². The maximum absolute atomic E-state index is 12.7. The summed E-state index contributed by atoms with van der Waals surface area (Å²) < 4.78 is 33.2. The SMILES string of the molecule is O=S1(=O)c2ccccc2CN1c1ccnc(Oc2ccc(Br)cc2)n1. The zero-order valence-corrected chi connectivity index (χ0v) is 15.2. The van der Waals surface area contributed by atoms with Crippen LogP contribution in [-0.4, -0.2) is 18.4 Å². The summed E-state index contributed by atoms with van der Waals surface area (Å²) in [6.07, 6.45) is 1.48. The molecule has 2 heterocycles. The second kappa shape index (κ2) is 6.12. The first kappa shape index (κ1) is 16.0. The van der Waals surface area contributed by atoms with E-state index in [1.165, 1.54) is 10.5 Å². The van der Waals surface area contributed by atoms with Gasteiger partial charge in [0.2, 0.25) is 0 Å². The zero-order chi connectivity index (χ0) is 17.4. The van der Waals surface area contributed by atoms with E-state index in [0.717, 1.165) is 10.0 Å². The number of anilines is 1. The van der Waals surface area contributed by atoms with Gasteiger partial charge in [0.15, 0.2) is 0 Å². The first-order chi connectivity index (χ1) is 12.0. The Kier molecular flexibility index (Phi) is 3.93. The van der Waals surface area contributed by atoms with Crippen molar-refractivity contribution < 1.29 is 13.2 Å². The minimum absolute atomic E-state index is 0.0889. The molecule has 0 atom stereocenters. The fraction of sp³-hybridized carbons (Fsp3) is 0.0588. The van der Waals surface area contributed by atoms with Crippen LogP contribution >= 0.6 is 15.9 Å². The summed E-state index contributed by atoms with van der Waals surface area (Å²) in [4.78, 5) is 8.62. The predicted octanol–water partition coefficient (Wildman–Crippen LogP) is 3.74. The van der Waals surface area contributed by atoms with Gasteiger partial charge in [0.25, 0.3) is 10.0 Å². The largest absolute Gasteiger partial charge is 0.424 e. The Hall–Kier alpha value is -2.45. The van der Waals surface area contributed by atoms with Crippen LogP contribution in [0.2, 0.25) is 0 Å². The van der Waals surface area contributed by atoms with Crippen LogP contribution in [0.25, 0.3) is 0 Å². The molecule has 4 rings (SSSR count). The molecule has 25 heavy (non-hydrogen) atoms. The van der Waals surface area contributed by atoms with E-state index in [2.05, 4.69) is 25.9 Å². The number of halogens is 1. The van der Waals surface area contributed by atoms with Crippen molar-refractivity contribution in [3.8, 4) is 11.8 Å². The zero-order valence-electron chi connectivity index (χ0n) is 12.8. The van der Waals surface area contributed by atoms with Crippen LogP contribution in [0.4, 0.5) is 5.82 Å². The highest BCUT2D eigenvalue weighted by molar-refractivity contribution is 9.10. The third kappa shape index (κ3) is 2.98. The van der Waals surface area contributed by atoms with E-state index >= 15 is 0 Å². The van der Waals surface area contributed by atoms with Crippen LogP contribution in [0.3, 0.4) is 0 Å². The Labute approximate surface area is 153 Å². The number of hydrogen-bond donors (Lipinski definition) is 0. The lowest BCUT2D eigenvalue weighted by Crippen LogP contribution is -2.24. The van der Waals surface area contributed by atoms with E-state index in [4.69, 9.17) is 4.74 Å². The monoisotopic (exact) mass is 417 g/mol. The van der Waals surface area contributed by atoms with Gasteiger partial charge >= 0.3 is 6.01 Å². The van der Waals surface area contributed by atoms with Crippen molar-refractivity contribution in [1.29, 1.82) is 0 Å². The molecule has 126 valence electrons. The van der Waals surface area contributed by atoms with E-state index in [0.29, 0.717) is 10.6 Å². The number of sulfonamides is 1. The molecule has 1 aliphatic rings. The minimum atomic E-state index is -3.61. The first-order valence-electron chi connectivity index (χ1n) is 7.41. The fourth-order valence-corrected chi connectivity index (χ4v) is 4.45. The number of nitrogens with zero attached hydrogens (tertiary/aromatic N) is 3. The topological polar surface area (TPSA) is 72.4 Å². The molecule has 1 aliphatic heterocycles. The Morgan fingerprint density at radius 1 is 1.04 bits per heavy atom. The van der Waals surface area contributed by atoms with Crippen LogP contribution in [0.5, 0.6) is 11.8 Å². The summed E-state index contributed by atoms with van der Waals surface area (Å²) >= 11 is 3.35. The number of hydrogen-bond acceptors (Lipinski definition) is 5. The molecule has 0 spiro atoms. The summed E-state index contributed by atoms with van der Waals surface area (Å²) in [6, 6.07) is 15.8. The molecule has 6 nitrogen and oxygen atoms in total. The highest BCUT2D eigenvalue weighted by Crippen LogP contribution is 2.34. The van der Waals surface area contributed by atoms with Crippen LogP contribution in [0.1, 0.15) is 5.56 Å². The van der Waals surface area contributed by atoms with E-state index in [9.17, 15) is 8.42 Å². The standard InChI is InChI=1S/C17H12BrN3O3S/c18-13-5-7-14(8-6-13)24-17-19-10-9-16(20-17)21-11-12-3-1-2-4-15(12)25(21,22)23/h1-10H,11H2. The maximum Gasteiger partial charge on any atom is 0.323 e. The van der Waals surface area contributed by atoms with Crippen molar-refractivity contribution in [3.05, 3.63) is 70.8 Å². The van der Waals surface area contributed by atoms with Crippen LogP contribution < -0.4 is 9.04 Å². The fourth-order valence-electron chi connectivity index (χ4n) is 2.58. The average molecular weight is 418 g/mol. The Morgan fingerprint density at radius 2 is 1.80 bits per heavy atom. The summed E-state index contributed by atoms with van der Waals surface area (Å²) in [6.45, 7) is 0.243. The van der Waals surface area contributed by atoms with Gasteiger partial charge in [-0.25, -0.2) is 17.7 Å². The van der Waals surface area contributed by atoms with E-state index in [1.807, 2.05) is 18.2 Å². The first-order valence-corrected chi connectivity index (χ1v) is 9.64. The quantitative estimate of drug-likeness (QED) is 0.648. The van der Waals surface area contributed by atoms with Crippen molar-refractivity contribution in [2.45, 2.75) is 11.4 Å². The molecule has 1 aromatic heterocycles. The Morgan fingerprint density at radius 3 is 2.56 bits per heavy atom. The molecule has 0 amide bonds. The molecule has 0 aliphatic carbocycles. The van der Waals surface area contributed by atoms with Crippen LogP contribution in [0.15, 0.2) is 70.2 Å². The smallest absolute Gasteiger partial charge is 0.323 e. The van der Waals surface area contributed by atoms with Gasteiger partial charge in [-0.2, -0.15) is 4.98 Å². The van der Waals surface area contributed by atoms with Gasteiger partial charge in [-0.1, -0.05) is 34.1 Å². The molecule has 8 heteroatoms. The van der Waals surface area contributed by atoms with E-state index < -0.39 is 10.0 Å². The molecule has 0 bridgehead atoms. The average Bonchev–Trinajstić information content (AvgIpc) is 2.89. The molecule has 0 unspecified atom stereocenters. The van der Waals surface area contributed by atoms with Gasteiger partial charge in [-0.3, -0.25) is 0 Å². The van der Waals surface area contributed by atoms with Crippen molar-refractivity contribution in [2.24, 2.45) is 0 Å². The molecule has 3 aromatic rings. The van der Waals surface area contributed by atoms with Gasteiger partial charge in [0.1, 0.15) is 11.6 Å². The lowest BCUT2D eigenvalue weighted by Gasteiger charge is -2.16. The molecule has 2 aromatic carbocycles. The molecule has 0 saturated heterocycles. The van der Waals surface area contributed by atoms with Gasteiger partial charge < -0.3 is 4.74 Å². The van der Waals surface area contributed by atoms with E-state index in [-0.39, 0.29) is 18.4 Å². The van der Waals surface area contributed by atoms with Gasteiger partial charge in [0, 0.05) is 16.7 Å². The normalized spacial score (nSPS) is 15.0. The number of rotatable bonds is 3. The lowest BCUT2D eigenvalue weighted by atomic mass is 10.2. The number of fused-ring (bicyclic) bond motifs is 1. The number of ether oxygens (including phenoxy) is 1. The number of aromatic nitrogens is 2. The summed E-state index contributed by atoms with van der Waals surface area (Å²) in [5, 5.41) is 0. The van der Waals surface area contributed by atoms with Gasteiger partial charge in [-0.05, 0) is 35.9 Å². The predicted molar refractivity (Wildman–Crippen MR) is 96.1 cm³/mol. The van der Waals surface area contributed by atoms with Crippen molar-refractivity contribution >= 4 is 31.8 Å². The minimum Gasteiger partial charge on any atom is -0.424 e. The Balaban J connectivity index is 1.65. The van der Waals surface area contributed by atoms with Crippen LogP contribution in [0, 0.1) is 0 Å². The van der Waals surface area contributed by atoms with Crippen LogP contribution in [-0.2, 0) is 16.6 Å². The summed E-state index contributed by atoms with van der Waals surface area (Å²) in [7, 11) is -3.61. The van der Waals surface area contributed by atoms with E-state index in [1.54, 1.807) is 36.4 Å². The highest BCUT2D eigenvalue weighted by atomic mass is 79.9. The number of benzene rings is 2. The highest BCUT2D eigenvalue weighted by Gasteiger charge is 2.35. The molecule has 0 saturated carbocycles. The van der Waals surface area contributed by atoms with Crippen molar-refractivity contribution in [1.82, 2.24) is 9.97 Å². The Bertz CT molecular complexity index is 1040. The molecule has 0 fully saturated rings. The summed E-state index contributed by atoms with van der Waals surface area (Å²) in [5.74, 6) is 0.839. The van der Waals surface area contributed by atoms with Crippen molar-refractivity contribution in [2.75, 3.05) is 4.31 Å². The molecule has 0 radical (unpaired) electrons. The third-order valence-electron chi connectivity index (χ3n) is 3.75. The molecular formula is C17H12BrN3O3S. The second-order valence-electron chi connectivity index (χ2n) is 5.37. The maximum atomic E-state index is 12.7. The third-order valence-corrected chi connectivity index (χ3v) is 6.13. The molecule has 0 N–H and O–H groups in total. The lowest BCUT2D eigenvalue weighted by molar-refractivity contribution is 0.442. The summed E-state index contributed by atoms with van der Waals surface area (Å²) in [5.41, 5.74) is 0.747. The second-order valence-corrected chi connectivity index (χ2v) is 8.12. The molecular weight excluding hydrogens is 406 g/mol.